The molecule has 1 aliphatic heterocycles. The number of sulfonamides is 1. The molecule has 0 unspecified atom stereocenters. The van der Waals surface area contributed by atoms with Crippen molar-refractivity contribution in [2.75, 3.05) is 18.4 Å². The molecule has 0 atom stereocenters. The molecule has 1 saturated heterocycles. The largest absolute Gasteiger partial charge is 0.322 e. The van der Waals surface area contributed by atoms with E-state index in [1.54, 1.807) is 30.3 Å². The van der Waals surface area contributed by atoms with Crippen molar-refractivity contribution >= 4 is 33.2 Å². The Labute approximate surface area is 192 Å². The maximum absolute atomic E-state index is 12.6. The molecule has 3 aromatic carbocycles. The second kappa shape index (κ2) is 9.48. The van der Waals surface area contributed by atoms with Crippen LogP contribution in [0.15, 0.2) is 83.8 Å². The van der Waals surface area contributed by atoms with Crippen LogP contribution in [0.25, 0.3) is 0 Å². The Hall–Kier alpha value is -3.62. The van der Waals surface area contributed by atoms with Crippen LogP contribution in [-0.2, 0) is 10.0 Å². The summed E-state index contributed by atoms with van der Waals surface area (Å²) in [6, 6.07) is 20.1. The van der Waals surface area contributed by atoms with Crippen LogP contribution < -0.4 is 5.32 Å². The third-order valence-electron chi connectivity index (χ3n) is 5.47. The number of ketones is 2. The van der Waals surface area contributed by atoms with Gasteiger partial charge in [-0.3, -0.25) is 14.4 Å². The number of hydrogen-bond donors (Lipinski definition) is 1. The highest BCUT2D eigenvalue weighted by atomic mass is 32.2. The van der Waals surface area contributed by atoms with Crippen molar-refractivity contribution in [1.82, 2.24) is 4.31 Å². The molecule has 4 rings (SSSR count). The van der Waals surface area contributed by atoms with Gasteiger partial charge in [-0.2, -0.15) is 4.31 Å². The third-order valence-corrected chi connectivity index (χ3v) is 7.38. The molecule has 1 fully saturated rings. The number of amides is 1. The Morgan fingerprint density at radius 1 is 0.667 bits per heavy atom. The van der Waals surface area contributed by atoms with Crippen LogP contribution >= 0.6 is 0 Å². The van der Waals surface area contributed by atoms with Crippen LogP contribution in [0.1, 0.15) is 43.9 Å². The van der Waals surface area contributed by atoms with Gasteiger partial charge in [0.1, 0.15) is 0 Å². The van der Waals surface area contributed by atoms with E-state index in [1.165, 1.54) is 52.8 Å². The lowest BCUT2D eigenvalue weighted by Gasteiger charge is -2.15. The highest BCUT2D eigenvalue weighted by Crippen LogP contribution is 2.22. The Morgan fingerprint density at radius 2 is 1.18 bits per heavy atom. The lowest BCUT2D eigenvalue weighted by atomic mass is 10.0. The SMILES string of the molecule is O=C(Nc1ccc(S(=O)(=O)N2CCCC2)cc1)c1ccc(C(=O)C(=O)c2ccccc2)cc1. The second-order valence-corrected chi connectivity index (χ2v) is 9.63. The zero-order chi connectivity index (χ0) is 23.4. The summed E-state index contributed by atoms with van der Waals surface area (Å²) in [5.41, 5.74) is 1.24. The summed E-state index contributed by atoms with van der Waals surface area (Å²) < 4.78 is 26.7. The fraction of sp³-hybridized carbons (Fsp3) is 0.160. The van der Waals surface area contributed by atoms with Crippen molar-refractivity contribution in [3.63, 3.8) is 0 Å². The molecule has 0 spiro atoms. The van der Waals surface area contributed by atoms with Crippen LogP contribution in [-0.4, -0.2) is 43.3 Å². The van der Waals surface area contributed by atoms with Crippen molar-refractivity contribution in [2.45, 2.75) is 17.7 Å². The molecule has 7 nitrogen and oxygen atoms in total. The summed E-state index contributed by atoms with van der Waals surface area (Å²) in [5.74, 6) is -1.68. The number of hydrogen-bond acceptors (Lipinski definition) is 5. The fourth-order valence-corrected chi connectivity index (χ4v) is 5.13. The molecule has 0 aromatic heterocycles. The molecule has 33 heavy (non-hydrogen) atoms. The Balaban J connectivity index is 1.41. The van der Waals surface area contributed by atoms with E-state index in [0.717, 1.165) is 12.8 Å². The van der Waals surface area contributed by atoms with Crippen molar-refractivity contribution in [3.05, 3.63) is 95.6 Å². The van der Waals surface area contributed by atoms with Crippen molar-refractivity contribution in [1.29, 1.82) is 0 Å². The van der Waals surface area contributed by atoms with Gasteiger partial charge >= 0.3 is 0 Å². The normalized spacial score (nSPS) is 14.1. The molecule has 3 aromatic rings. The topological polar surface area (TPSA) is 101 Å². The van der Waals surface area contributed by atoms with Crippen LogP contribution in [0.2, 0.25) is 0 Å². The van der Waals surface area contributed by atoms with Crippen molar-refractivity contribution in [2.24, 2.45) is 0 Å². The molecule has 1 aliphatic rings. The number of carbonyl (C=O) groups is 3. The van der Waals surface area contributed by atoms with Crippen LogP contribution in [0.3, 0.4) is 0 Å². The third kappa shape index (κ3) is 4.92. The van der Waals surface area contributed by atoms with E-state index in [2.05, 4.69) is 5.32 Å². The summed E-state index contributed by atoms with van der Waals surface area (Å²) in [5, 5.41) is 2.70. The molecule has 0 radical (unpaired) electrons. The minimum Gasteiger partial charge on any atom is -0.322 e. The molecule has 1 heterocycles. The number of anilines is 1. The standard InChI is InChI=1S/C25H22N2O5S/c28-23(18-6-2-1-3-7-18)24(29)19-8-10-20(11-9-19)25(30)26-21-12-14-22(15-13-21)33(31,32)27-16-4-5-17-27/h1-3,6-15H,4-5,16-17H2,(H,26,30). The second-order valence-electron chi connectivity index (χ2n) is 7.69. The smallest absolute Gasteiger partial charge is 0.255 e. The van der Waals surface area contributed by atoms with E-state index in [9.17, 15) is 22.8 Å². The van der Waals surface area contributed by atoms with Gasteiger partial charge in [0, 0.05) is 35.5 Å². The minimum absolute atomic E-state index is 0.188. The number of rotatable bonds is 7. The maximum Gasteiger partial charge on any atom is 0.255 e. The van der Waals surface area contributed by atoms with Gasteiger partial charge in [0.15, 0.2) is 0 Å². The van der Waals surface area contributed by atoms with Crippen LogP contribution in [0.4, 0.5) is 5.69 Å². The molecule has 0 saturated carbocycles. The van der Waals surface area contributed by atoms with Crippen molar-refractivity contribution < 1.29 is 22.8 Å². The first-order valence-electron chi connectivity index (χ1n) is 10.5. The van der Waals surface area contributed by atoms with Crippen LogP contribution in [0.5, 0.6) is 0 Å². The van der Waals surface area contributed by atoms with E-state index in [0.29, 0.717) is 29.9 Å². The molecule has 0 bridgehead atoms. The Morgan fingerprint density at radius 3 is 1.76 bits per heavy atom. The summed E-state index contributed by atoms with van der Waals surface area (Å²) in [6.07, 6.45) is 1.72. The molecule has 1 N–H and O–H groups in total. The Kier molecular flexibility index (Phi) is 6.48. The highest BCUT2D eigenvalue weighted by molar-refractivity contribution is 7.89. The monoisotopic (exact) mass is 462 g/mol. The average Bonchev–Trinajstić information content (AvgIpc) is 3.40. The van der Waals surface area contributed by atoms with Gasteiger partial charge in [-0.1, -0.05) is 42.5 Å². The predicted octanol–water partition coefficient (Wildman–Crippen LogP) is 3.79. The number of benzene rings is 3. The van der Waals surface area contributed by atoms with Gasteiger partial charge < -0.3 is 5.32 Å². The summed E-state index contributed by atoms with van der Waals surface area (Å²) >= 11 is 0. The molecular formula is C25H22N2O5S. The van der Waals surface area contributed by atoms with E-state index < -0.39 is 27.5 Å². The van der Waals surface area contributed by atoms with Gasteiger partial charge in [0.25, 0.3) is 5.91 Å². The first kappa shape index (κ1) is 22.6. The average molecular weight is 463 g/mol. The predicted molar refractivity (Wildman–Crippen MR) is 124 cm³/mol. The van der Waals surface area contributed by atoms with Gasteiger partial charge in [-0.15, -0.1) is 0 Å². The summed E-state index contributed by atoms with van der Waals surface area (Å²) in [4.78, 5) is 37.5. The number of nitrogens with one attached hydrogen (secondary N) is 1. The van der Waals surface area contributed by atoms with Crippen molar-refractivity contribution in [3.8, 4) is 0 Å². The highest BCUT2D eigenvalue weighted by Gasteiger charge is 2.27. The van der Waals surface area contributed by atoms with Gasteiger partial charge in [-0.05, 0) is 49.2 Å². The Bertz CT molecular complexity index is 1280. The summed E-state index contributed by atoms with van der Waals surface area (Å²) in [7, 11) is -3.52. The van der Waals surface area contributed by atoms with E-state index in [4.69, 9.17) is 0 Å². The van der Waals surface area contributed by atoms with E-state index in [1.807, 2.05) is 0 Å². The number of nitrogens with zero attached hydrogens (tertiary/aromatic N) is 1. The molecule has 168 valence electrons. The molecule has 8 heteroatoms. The first-order chi connectivity index (χ1) is 15.9. The molecular weight excluding hydrogens is 440 g/mol. The lowest BCUT2D eigenvalue weighted by Crippen LogP contribution is -2.27. The molecule has 0 aliphatic carbocycles. The van der Waals surface area contributed by atoms with E-state index >= 15 is 0 Å². The van der Waals surface area contributed by atoms with E-state index in [-0.39, 0.29) is 10.5 Å². The fourth-order valence-electron chi connectivity index (χ4n) is 3.62. The van der Waals surface area contributed by atoms with Crippen LogP contribution in [0, 0.1) is 0 Å². The zero-order valence-corrected chi connectivity index (χ0v) is 18.5. The van der Waals surface area contributed by atoms with Gasteiger partial charge in [-0.25, -0.2) is 8.42 Å². The maximum atomic E-state index is 12.6. The number of Topliss-reactive ketones (excluding diaryl/α,β-unsaturated/α-hetero) is 2. The lowest BCUT2D eigenvalue weighted by molar-refractivity contribution is 0.0817. The quantitative estimate of drug-likeness (QED) is 0.425. The minimum atomic E-state index is -3.52. The van der Waals surface area contributed by atoms with Gasteiger partial charge in [0.05, 0.1) is 4.90 Å². The summed E-state index contributed by atoms with van der Waals surface area (Å²) in [6.45, 7) is 1.05. The zero-order valence-electron chi connectivity index (χ0n) is 17.7. The first-order valence-corrected chi connectivity index (χ1v) is 12.0. The molecule has 1 amide bonds. The van der Waals surface area contributed by atoms with Gasteiger partial charge in [0.2, 0.25) is 21.6 Å². The number of carbonyl (C=O) groups excluding carboxylic acids is 3.